The number of rotatable bonds is 6. The number of nitrogens with zero attached hydrogens (tertiary/aromatic N) is 4. The molecular formula is C20H18F2N4O2S. The average Bonchev–Trinajstić information content (AvgIpc) is 3.17. The Kier molecular flexibility index (Phi) is 5.86. The Labute approximate surface area is 170 Å². The van der Waals surface area contributed by atoms with E-state index in [0.29, 0.717) is 48.7 Å². The van der Waals surface area contributed by atoms with Gasteiger partial charge in [0.1, 0.15) is 11.6 Å². The number of halogens is 2. The summed E-state index contributed by atoms with van der Waals surface area (Å²) in [6.45, 7) is 2.43. The van der Waals surface area contributed by atoms with Gasteiger partial charge < -0.3 is 9.64 Å². The Morgan fingerprint density at radius 3 is 2.52 bits per heavy atom. The second-order valence-corrected chi connectivity index (χ2v) is 7.36. The van der Waals surface area contributed by atoms with Crippen LogP contribution < -0.4 is 4.90 Å². The summed E-state index contributed by atoms with van der Waals surface area (Å²) in [7, 11) is 0. The van der Waals surface area contributed by atoms with Gasteiger partial charge in [0.05, 0.1) is 24.7 Å². The zero-order valence-electron chi connectivity index (χ0n) is 15.4. The molecule has 2 aromatic carbocycles. The molecule has 29 heavy (non-hydrogen) atoms. The lowest BCUT2D eigenvalue weighted by molar-refractivity contribution is 0.102. The molecule has 6 nitrogen and oxygen atoms in total. The molecule has 1 aromatic heterocycles. The molecule has 4 rings (SSSR count). The Bertz CT molecular complexity index is 1000. The minimum Gasteiger partial charge on any atom is -0.378 e. The second-order valence-electron chi connectivity index (χ2n) is 6.42. The van der Waals surface area contributed by atoms with Crippen LogP contribution in [0.15, 0.2) is 53.7 Å². The fourth-order valence-electron chi connectivity index (χ4n) is 3.01. The van der Waals surface area contributed by atoms with Gasteiger partial charge in [-0.3, -0.25) is 9.36 Å². The van der Waals surface area contributed by atoms with Gasteiger partial charge in [-0.15, -0.1) is 10.2 Å². The molecule has 2 heterocycles. The van der Waals surface area contributed by atoms with Gasteiger partial charge in [-0.2, -0.15) is 0 Å². The number of hydrogen-bond acceptors (Lipinski definition) is 6. The molecule has 1 saturated heterocycles. The van der Waals surface area contributed by atoms with E-state index in [0.717, 1.165) is 0 Å². The second kappa shape index (κ2) is 8.71. The summed E-state index contributed by atoms with van der Waals surface area (Å²) in [5, 5.41) is 9.00. The zero-order valence-corrected chi connectivity index (χ0v) is 16.2. The van der Waals surface area contributed by atoms with Gasteiger partial charge in [0.25, 0.3) is 0 Å². The Morgan fingerprint density at radius 1 is 1.03 bits per heavy atom. The van der Waals surface area contributed by atoms with Crippen molar-refractivity contribution in [1.82, 2.24) is 14.8 Å². The minimum atomic E-state index is -0.393. The van der Waals surface area contributed by atoms with Gasteiger partial charge in [0.15, 0.2) is 10.9 Å². The number of thioether (sulfide) groups is 1. The number of morpholine rings is 1. The summed E-state index contributed by atoms with van der Waals surface area (Å²) >= 11 is 1.21. The summed E-state index contributed by atoms with van der Waals surface area (Å²) in [6, 6.07) is 11.6. The Hall–Kier alpha value is -2.78. The molecule has 0 saturated carbocycles. The molecule has 0 atom stereocenters. The predicted octanol–water partition coefficient (Wildman–Crippen LogP) is 3.36. The van der Waals surface area contributed by atoms with Crippen LogP contribution in [0.3, 0.4) is 0 Å². The number of hydrogen-bond donors (Lipinski definition) is 0. The fourth-order valence-corrected chi connectivity index (χ4v) is 3.86. The van der Waals surface area contributed by atoms with Crippen molar-refractivity contribution in [3.05, 3.63) is 65.7 Å². The van der Waals surface area contributed by atoms with E-state index in [1.54, 1.807) is 16.7 Å². The van der Waals surface area contributed by atoms with Crippen molar-refractivity contribution in [2.24, 2.45) is 0 Å². The normalized spacial score (nSPS) is 14.2. The molecule has 0 radical (unpaired) electrons. The third kappa shape index (κ3) is 4.46. The number of benzene rings is 2. The summed E-state index contributed by atoms with van der Waals surface area (Å²) in [6.07, 6.45) is 0. The van der Waals surface area contributed by atoms with Crippen LogP contribution in [0.4, 0.5) is 14.7 Å². The topological polar surface area (TPSA) is 60.3 Å². The molecule has 0 unspecified atom stereocenters. The van der Waals surface area contributed by atoms with E-state index in [9.17, 15) is 13.6 Å². The first-order chi connectivity index (χ1) is 14.1. The molecule has 1 aliphatic rings. The molecule has 0 N–H and O–H groups in total. The molecule has 0 spiro atoms. The summed E-state index contributed by atoms with van der Waals surface area (Å²) in [5.74, 6) is -0.243. The lowest BCUT2D eigenvalue weighted by Gasteiger charge is -2.27. The van der Waals surface area contributed by atoms with Crippen LogP contribution in [0.5, 0.6) is 0 Å². The lowest BCUT2D eigenvalue weighted by Crippen LogP contribution is -2.37. The molecule has 3 aromatic rings. The molecular weight excluding hydrogens is 398 g/mol. The number of carbonyl (C=O) groups is 1. The van der Waals surface area contributed by atoms with Crippen LogP contribution in [0.25, 0.3) is 5.69 Å². The van der Waals surface area contributed by atoms with E-state index in [4.69, 9.17) is 4.74 Å². The highest BCUT2D eigenvalue weighted by Gasteiger charge is 2.22. The highest BCUT2D eigenvalue weighted by molar-refractivity contribution is 7.99. The van der Waals surface area contributed by atoms with Crippen LogP contribution >= 0.6 is 11.8 Å². The van der Waals surface area contributed by atoms with Crippen molar-refractivity contribution < 1.29 is 18.3 Å². The SMILES string of the molecule is O=C(CSc1nnc(N2CCOCC2)n1-c1cccc(F)c1)c1ccc(F)cc1. The van der Waals surface area contributed by atoms with Gasteiger partial charge in [-0.25, -0.2) is 8.78 Å². The molecule has 0 aliphatic carbocycles. The van der Waals surface area contributed by atoms with Gasteiger partial charge in [-0.1, -0.05) is 17.8 Å². The highest BCUT2D eigenvalue weighted by atomic mass is 32.2. The van der Waals surface area contributed by atoms with E-state index in [-0.39, 0.29) is 17.4 Å². The smallest absolute Gasteiger partial charge is 0.232 e. The third-order valence-corrected chi connectivity index (χ3v) is 5.40. The Morgan fingerprint density at radius 2 is 1.79 bits per heavy atom. The maximum absolute atomic E-state index is 13.9. The van der Waals surface area contributed by atoms with Gasteiger partial charge in [-0.05, 0) is 42.5 Å². The van der Waals surface area contributed by atoms with Crippen molar-refractivity contribution in [3.8, 4) is 5.69 Å². The van der Waals surface area contributed by atoms with Crippen molar-refractivity contribution in [3.63, 3.8) is 0 Å². The molecule has 150 valence electrons. The van der Waals surface area contributed by atoms with Crippen molar-refractivity contribution in [1.29, 1.82) is 0 Å². The maximum Gasteiger partial charge on any atom is 0.232 e. The number of ether oxygens (including phenoxy) is 1. The molecule has 0 amide bonds. The lowest BCUT2D eigenvalue weighted by atomic mass is 10.1. The Balaban J connectivity index is 1.61. The van der Waals surface area contributed by atoms with Crippen LogP contribution in [-0.4, -0.2) is 52.6 Å². The first kappa shape index (κ1) is 19.5. The highest BCUT2D eigenvalue weighted by Crippen LogP contribution is 2.28. The van der Waals surface area contributed by atoms with Gasteiger partial charge in [0.2, 0.25) is 5.95 Å². The molecule has 1 aliphatic heterocycles. The average molecular weight is 416 g/mol. The molecule has 9 heteroatoms. The van der Waals surface area contributed by atoms with E-state index in [2.05, 4.69) is 10.2 Å². The number of aromatic nitrogens is 3. The number of carbonyl (C=O) groups excluding carboxylic acids is 1. The number of Topliss-reactive ketones (excluding diaryl/α,β-unsaturated/α-hetero) is 1. The maximum atomic E-state index is 13.9. The zero-order chi connectivity index (χ0) is 20.2. The summed E-state index contributed by atoms with van der Waals surface area (Å²) < 4.78 is 34.1. The largest absolute Gasteiger partial charge is 0.378 e. The summed E-state index contributed by atoms with van der Waals surface area (Å²) in [4.78, 5) is 14.5. The standard InChI is InChI=1S/C20H18F2N4O2S/c21-15-6-4-14(5-7-15)18(27)13-29-20-24-23-19(25-8-10-28-11-9-25)26(20)17-3-1-2-16(22)12-17/h1-7,12H,8-11,13H2. The van der Waals surface area contributed by atoms with E-state index in [1.165, 1.54) is 48.2 Å². The first-order valence-electron chi connectivity index (χ1n) is 9.07. The predicted molar refractivity (Wildman–Crippen MR) is 106 cm³/mol. The van der Waals surface area contributed by atoms with E-state index < -0.39 is 5.82 Å². The van der Waals surface area contributed by atoms with Gasteiger partial charge >= 0.3 is 0 Å². The van der Waals surface area contributed by atoms with Gasteiger partial charge in [0, 0.05) is 18.7 Å². The third-order valence-electron chi connectivity index (χ3n) is 4.48. The van der Waals surface area contributed by atoms with Crippen molar-refractivity contribution in [2.75, 3.05) is 37.0 Å². The van der Waals surface area contributed by atoms with Crippen LogP contribution in [0.1, 0.15) is 10.4 Å². The van der Waals surface area contributed by atoms with Crippen molar-refractivity contribution >= 4 is 23.5 Å². The van der Waals surface area contributed by atoms with Crippen molar-refractivity contribution in [2.45, 2.75) is 5.16 Å². The van der Waals surface area contributed by atoms with Crippen LogP contribution in [0, 0.1) is 11.6 Å². The quantitative estimate of drug-likeness (QED) is 0.454. The fraction of sp³-hybridized carbons (Fsp3) is 0.250. The van der Waals surface area contributed by atoms with E-state index in [1.807, 2.05) is 4.90 Å². The monoisotopic (exact) mass is 416 g/mol. The van der Waals surface area contributed by atoms with Crippen LogP contribution in [0.2, 0.25) is 0 Å². The first-order valence-corrected chi connectivity index (χ1v) is 10.1. The minimum absolute atomic E-state index is 0.0994. The number of anilines is 1. The number of ketones is 1. The molecule has 1 fully saturated rings. The molecule has 0 bridgehead atoms. The van der Waals surface area contributed by atoms with Crippen LogP contribution in [-0.2, 0) is 4.74 Å². The van der Waals surface area contributed by atoms with E-state index >= 15 is 0 Å². The summed E-state index contributed by atoms with van der Waals surface area (Å²) in [5.41, 5.74) is 0.998.